The van der Waals surface area contributed by atoms with Crippen LogP contribution in [0.25, 0.3) is 0 Å². The standard InChI is InChI=1S/C15H16BrN3O/c1-9-6-11(16)7-10(2)14(9)19-15(20)13-8-12(17-3)4-5-18-13/h4-8H,1-3H3,(H,17,18)(H,19,20). The summed E-state index contributed by atoms with van der Waals surface area (Å²) < 4.78 is 1.00. The number of amides is 1. The zero-order valence-corrected chi connectivity index (χ0v) is 13.2. The highest BCUT2D eigenvalue weighted by atomic mass is 79.9. The number of carbonyl (C=O) groups excluding carboxylic acids is 1. The van der Waals surface area contributed by atoms with Crippen LogP contribution in [0.2, 0.25) is 0 Å². The van der Waals surface area contributed by atoms with E-state index in [1.807, 2.05) is 32.0 Å². The molecule has 1 amide bonds. The van der Waals surface area contributed by atoms with Crippen molar-refractivity contribution in [2.75, 3.05) is 17.7 Å². The fraction of sp³-hybridized carbons (Fsp3) is 0.200. The van der Waals surface area contributed by atoms with Gasteiger partial charge in [0.25, 0.3) is 5.91 Å². The van der Waals surface area contributed by atoms with Gasteiger partial charge in [0.1, 0.15) is 5.69 Å². The van der Waals surface area contributed by atoms with Gasteiger partial charge in [-0.05, 0) is 49.2 Å². The number of rotatable bonds is 3. The first kappa shape index (κ1) is 14.5. The van der Waals surface area contributed by atoms with Gasteiger partial charge in [-0.2, -0.15) is 0 Å². The lowest BCUT2D eigenvalue weighted by Crippen LogP contribution is -2.15. The second-order valence-electron chi connectivity index (χ2n) is 4.55. The fourth-order valence-corrected chi connectivity index (χ4v) is 2.68. The molecule has 0 spiro atoms. The van der Waals surface area contributed by atoms with E-state index in [1.165, 1.54) is 0 Å². The van der Waals surface area contributed by atoms with Crippen molar-refractivity contribution in [2.45, 2.75) is 13.8 Å². The van der Waals surface area contributed by atoms with Crippen LogP contribution < -0.4 is 10.6 Å². The number of nitrogens with one attached hydrogen (secondary N) is 2. The molecule has 2 aromatic rings. The predicted octanol–water partition coefficient (Wildman–Crippen LogP) is 3.75. The molecule has 2 rings (SSSR count). The fourth-order valence-electron chi connectivity index (χ4n) is 2.00. The first-order valence-electron chi connectivity index (χ1n) is 6.23. The molecule has 0 aliphatic heterocycles. The van der Waals surface area contributed by atoms with Crippen LogP contribution in [0.1, 0.15) is 21.6 Å². The normalized spacial score (nSPS) is 10.2. The first-order chi connectivity index (χ1) is 9.51. The van der Waals surface area contributed by atoms with Crippen LogP contribution in [0.15, 0.2) is 34.9 Å². The summed E-state index contributed by atoms with van der Waals surface area (Å²) in [7, 11) is 1.81. The van der Waals surface area contributed by atoms with E-state index in [9.17, 15) is 4.79 Å². The van der Waals surface area contributed by atoms with E-state index in [1.54, 1.807) is 19.3 Å². The summed E-state index contributed by atoms with van der Waals surface area (Å²) in [5, 5.41) is 5.91. The second-order valence-corrected chi connectivity index (χ2v) is 5.46. The van der Waals surface area contributed by atoms with Gasteiger partial charge in [0.05, 0.1) is 0 Å². The van der Waals surface area contributed by atoms with Crippen molar-refractivity contribution in [3.63, 3.8) is 0 Å². The van der Waals surface area contributed by atoms with Crippen molar-refractivity contribution in [3.05, 3.63) is 51.8 Å². The lowest BCUT2D eigenvalue weighted by atomic mass is 10.1. The topological polar surface area (TPSA) is 54.0 Å². The van der Waals surface area contributed by atoms with Crippen LogP contribution in [0, 0.1) is 13.8 Å². The number of carbonyl (C=O) groups is 1. The van der Waals surface area contributed by atoms with Crippen molar-refractivity contribution < 1.29 is 4.79 Å². The molecule has 20 heavy (non-hydrogen) atoms. The molecular weight excluding hydrogens is 318 g/mol. The lowest BCUT2D eigenvalue weighted by Gasteiger charge is -2.12. The van der Waals surface area contributed by atoms with Gasteiger partial charge in [-0.15, -0.1) is 0 Å². The number of hydrogen-bond acceptors (Lipinski definition) is 3. The Balaban J connectivity index is 2.28. The maximum Gasteiger partial charge on any atom is 0.274 e. The molecule has 4 nitrogen and oxygen atoms in total. The van der Waals surface area contributed by atoms with Gasteiger partial charge >= 0.3 is 0 Å². The lowest BCUT2D eigenvalue weighted by molar-refractivity contribution is 0.102. The Morgan fingerprint density at radius 2 is 1.85 bits per heavy atom. The van der Waals surface area contributed by atoms with Crippen molar-refractivity contribution in [2.24, 2.45) is 0 Å². The van der Waals surface area contributed by atoms with Crippen molar-refractivity contribution in [1.82, 2.24) is 4.98 Å². The van der Waals surface area contributed by atoms with Crippen LogP contribution >= 0.6 is 15.9 Å². The summed E-state index contributed by atoms with van der Waals surface area (Å²) in [5.74, 6) is -0.212. The minimum Gasteiger partial charge on any atom is -0.388 e. The van der Waals surface area contributed by atoms with E-state index >= 15 is 0 Å². The van der Waals surface area contributed by atoms with Gasteiger partial charge in [-0.1, -0.05) is 15.9 Å². The SMILES string of the molecule is CNc1ccnc(C(=O)Nc2c(C)cc(Br)cc2C)c1. The number of aromatic nitrogens is 1. The maximum absolute atomic E-state index is 12.3. The number of pyridine rings is 1. The molecule has 1 aromatic heterocycles. The van der Waals surface area contributed by atoms with Gasteiger partial charge in [-0.25, -0.2) is 0 Å². The Bertz CT molecular complexity index is 632. The molecule has 0 saturated heterocycles. The highest BCUT2D eigenvalue weighted by Crippen LogP contribution is 2.25. The highest BCUT2D eigenvalue weighted by Gasteiger charge is 2.12. The van der Waals surface area contributed by atoms with Crippen molar-refractivity contribution in [3.8, 4) is 0 Å². The Labute approximate surface area is 126 Å². The molecular formula is C15H16BrN3O. The number of aryl methyl sites for hydroxylation is 2. The molecule has 0 radical (unpaired) electrons. The van der Waals surface area contributed by atoms with Gasteiger partial charge in [0.15, 0.2) is 0 Å². The van der Waals surface area contributed by atoms with Gasteiger partial charge in [-0.3, -0.25) is 9.78 Å². The Morgan fingerprint density at radius 1 is 1.20 bits per heavy atom. The number of halogens is 1. The Kier molecular flexibility index (Phi) is 4.39. The maximum atomic E-state index is 12.3. The average molecular weight is 334 g/mol. The minimum atomic E-state index is -0.212. The summed E-state index contributed by atoms with van der Waals surface area (Å²) in [6.07, 6.45) is 1.61. The molecule has 0 bridgehead atoms. The van der Waals surface area contributed by atoms with Gasteiger partial charge < -0.3 is 10.6 Å². The number of nitrogens with zero attached hydrogens (tertiary/aromatic N) is 1. The van der Waals surface area contributed by atoms with E-state index in [0.717, 1.165) is 27.0 Å². The minimum absolute atomic E-state index is 0.212. The third-order valence-electron chi connectivity index (χ3n) is 3.02. The van der Waals surface area contributed by atoms with Crippen molar-refractivity contribution in [1.29, 1.82) is 0 Å². The Morgan fingerprint density at radius 3 is 2.45 bits per heavy atom. The number of hydrogen-bond donors (Lipinski definition) is 2. The van der Waals surface area contributed by atoms with Gasteiger partial charge in [0, 0.05) is 29.1 Å². The molecule has 0 saturated carbocycles. The van der Waals surface area contributed by atoms with Crippen LogP contribution in [-0.4, -0.2) is 17.9 Å². The zero-order valence-electron chi connectivity index (χ0n) is 11.6. The van der Waals surface area contributed by atoms with Crippen LogP contribution in [0.4, 0.5) is 11.4 Å². The second kappa shape index (κ2) is 6.05. The zero-order chi connectivity index (χ0) is 14.7. The molecule has 5 heteroatoms. The quantitative estimate of drug-likeness (QED) is 0.899. The van der Waals surface area contributed by atoms with Crippen LogP contribution in [0.5, 0.6) is 0 Å². The van der Waals surface area contributed by atoms with E-state index < -0.39 is 0 Å². The van der Waals surface area contributed by atoms with E-state index in [2.05, 4.69) is 31.5 Å². The third kappa shape index (κ3) is 3.17. The molecule has 0 fully saturated rings. The third-order valence-corrected chi connectivity index (χ3v) is 3.48. The largest absolute Gasteiger partial charge is 0.388 e. The van der Waals surface area contributed by atoms with Gasteiger partial charge in [0.2, 0.25) is 0 Å². The molecule has 104 valence electrons. The molecule has 1 heterocycles. The molecule has 1 aromatic carbocycles. The molecule has 0 unspecified atom stereocenters. The summed E-state index contributed by atoms with van der Waals surface area (Å²) in [4.78, 5) is 16.4. The smallest absolute Gasteiger partial charge is 0.274 e. The molecule has 0 aliphatic carbocycles. The van der Waals surface area contributed by atoms with Crippen LogP contribution in [0.3, 0.4) is 0 Å². The summed E-state index contributed by atoms with van der Waals surface area (Å²) >= 11 is 3.44. The number of anilines is 2. The molecule has 0 aliphatic rings. The van der Waals surface area contributed by atoms with E-state index in [-0.39, 0.29) is 5.91 Å². The van der Waals surface area contributed by atoms with Crippen LogP contribution in [-0.2, 0) is 0 Å². The molecule has 2 N–H and O–H groups in total. The Hall–Kier alpha value is -1.88. The average Bonchev–Trinajstić information content (AvgIpc) is 2.42. The summed E-state index contributed by atoms with van der Waals surface area (Å²) in [6, 6.07) is 7.48. The first-order valence-corrected chi connectivity index (χ1v) is 7.02. The molecule has 0 atom stereocenters. The predicted molar refractivity (Wildman–Crippen MR) is 85.4 cm³/mol. The highest BCUT2D eigenvalue weighted by molar-refractivity contribution is 9.10. The summed E-state index contributed by atoms with van der Waals surface area (Å²) in [5.41, 5.74) is 4.09. The van der Waals surface area contributed by atoms with E-state index in [4.69, 9.17) is 0 Å². The van der Waals surface area contributed by atoms with Crippen molar-refractivity contribution >= 4 is 33.2 Å². The van der Waals surface area contributed by atoms with E-state index in [0.29, 0.717) is 5.69 Å². The summed E-state index contributed by atoms with van der Waals surface area (Å²) in [6.45, 7) is 3.93. The number of benzene rings is 1. The monoisotopic (exact) mass is 333 g/mol.